The topological polar surface area (TPSA) is 28.1 Å². The molecule has 0 unspecified atom stereocenters. The van der Waals surface area contributed by atoms with Gasteiger partial charge in [-0.15, -0.1) is 0 Å². The van der Waals surface area contributed by atoms with Crippen LogP contribution in [0.3, 0.4) is 0 Å². The van der Waals surface area contributed by atoms with E-state index in [0.29, 0.717) is 16.6 Å². The SMILES string of the molecule is CCc1[nH]cc2c1-c1ccc(Cl)cc1C(c1ccccc1Cl)=NC2. The van der Waals surface area contributed by atoms with Crippen molar-refractivity contribution in [1.29, 1.82) is 0 Å². The van der Waals surface area contributed by atoms with Crippen molar-refractivity contribution in [3.8, 4) is 11.1 Å². The summed E-state index contributed by atoms with van der Waals surface area (Å²) in [7, 11) is 0. The molecule has 0 bridgehead atoms. The fourth-order valence-corrected chi connectivity index (χ4v) is 3.71. The van der Waals surface area contributed by atoms with Crippen molar-refractivity contribution in [3.05, 3.63) is 81.1 Å². The summed E-state index contributed by atoms with van der Waals surface area (Å²) in [5.74, 6) is 0. The molecule has 1 aliphatic heterocycles. The van der Waals surface area contributed by atoms with Gasteiger partial charge >= 0.3 is 0 Å². The van der Waals surface area contributed by atoms with Gasteiger partial charge in [-0.25, -0.2) is 0 Å². The van der Waals surface area contributed by atoms with Gasteiger partial charge in [-0.1, -0.05) is 54.4 Å². The summed E-state index contributed by atoms with van der Waals surface area (Å²) >= 11 is 12.7. The second kappa shape index (κ2) is 6.12. The summed E-state index contributed by atoms with van der Waals surface area (Å²) in [4.78, 5) is 8.27. The standard InChI is InChI=1S/C20H16Cl2N2/c1-2-18-19-12(10-23-18)11-24-20(15-5-3-4-6-17(15)22)16-9-13(21)7-8-14(16)19/h3-10,23H,2,11H2,1H3. The number of aliphatic imine (C=N–C) groups is 1. The van der Waals surface area contributed by atoms with E-state index in [1.165, 1.54) is 16.8 Å². The highest BCUT2D eigenvalue weighted by molar-refractivity contribution is 6.36. The van der Waals surface area contributed by atoms with Crippen LogP contribution in [0.25, 0.3) is 11.1 Å². The number of nitrogens with zero attached hydrogens (tertiary/aromatic N) is 1. The van der Waals surface area contributed by atoms with Crippen molar-refractivity contribution in [3.63, 3.8) is 0 Å². The fraction of sp³-hybridized carbons (Fsp3) is 0.150. The smallest absolute Gasteiger partial charge is 0.0744 e. The number of aryl methyl sites for hydroxylation is 1. The Morgan fingerprint density at radius 3 is 2.67 bits per heavy atom. The quantitative estimate of drug-likeness (QED) is 0.593. The second-order valence-electron chi connectivity index (χ2n) is 5.86. The molecule has 0 aliphatic carbocycles. The van der Waals surface area contributed by atoms with E-state index >= 15 is 0 Å². The van der Waals surface area contributed by atoms with Gasteiger partial charge in [-0.05, 0) is 35.7 Å². The molecule has 3 aromatic rings. The number of hydrogen-bond acceptors (Lipinski definition) is 1. The Morgan fingerprint density at radius 2 is 1.88 bits per heavy atom. The summed E-state index contributed by atoms with van der Waals surface area (Å²) < 4.78 is 0. The lowest BCUT2D eigenvalue weighted by atomic mass is 9.92. The molecule has 120 valence electrons. The van der Waals surface area contributed by atoms with Gasteiger partial charge in [0.05, 0.1) is 12.3 Å². The Hall–Kier alpha value is -2.03. The minimum Gasteiger partial charge on any atom is -0.364 e. The van der Waals surface area contributed by atoms with Crippen molar-refractivity contribution in [1.82, 2.24) is 4.98 Å². The minimum atomic E-state index is 0.624. The van der Waals surface area contributed by atoms with Gasteiger partial charge in [0.2, 0.25) is 0 Å². The summed E-state index contributed by atoms with van der Waals surface area (Å²) in [6.07, 6.45) is 3.00. The van der Waals surface area contributed by atoms with Crippen LogP contribution in [-0.4, -0.2) is 10.7 Å². The highest BCUT2D eigenvalue weighted by Gasteiger charge is 2.23. The molecule has 0 saturated heterocycles. The molecule has 0 saturated carbocycles. The first-order chi connectivity index (χ1) is 11.7. The fourth-order valence-electron chi connectivity index (χ4n) is 3.31. The van der Waals surface area contributed by atoms with E-state index in [9.17, 15) is 0 Å². The van der Waals surface area contributed by atoms with Crippen molar-refractivity contribution in [2.45, 2.75) is 19.9 Å². The molecule has 0 atom stereocenters. The van der Waals surface area contributed by atoms with Crippen LogP contribution >= 0.6 is 23.2 Å². The molecule has 0 amide bonds. The highest BCUT2D eigenvalue weighted by Crippen LogP contribution is 2.37. The molecule has 4 rings (SSSR count). The zero-order valence-electron chi connectivity index (χ0n) is 13.2. The zero-order chi connectivity index (χ0) is 16.7. The molecule has 0 fully saturated rings. The number of nitrogens with one attached hydrogen (secondary N) is 1. The molecule has 1 N–H and O–H groups in total. The van der Waals surface area contributed by atoms with E-state index in [1.54, 1.807) is 0 Å². The number of hydrogen-bond donors (Lipinski definition) is 1. The average molecular weight is 355 g/mol. The van der Waals surface area contributed by atoms with Crippen LogP contribution in [-0.2, 0) is 13.0 Å². The van der Waals surface area contributed by atoms with Gasteiger partial charge in [-0.3, -0.25) is 4.99 Å². The number of fused-ring (bicyclic) bond motifs is 3. The van der Waals surface area contributed by atoms with Crippen LogP contribution in [0.2, 0.25) is 10.0 Å². The predicted molar refractivity (Wildman–Crippen MR) is 101 cm³/mol. The molecule has 2 nitrogen and oxygen atoms in total. The number of rotatable bonds is 2. The van der Waals surface area contributed by atoms with Crippen LogP contribution < -0.4 is 0 Å². The largest absolute Gasteiger partial charge is 0.364 e. The zero-order valence-corrected chi connectivity index (χ0v) is 14.7. The number of benzene rings is 2. The van der Waals surface area contributed by atoms with Gasteiger partial charge < -0.3 is 4.98 Å². The van der Waals surface area contributed by atoms with Crippen molar-refractivity contribution in [2.24, 2.45) is 4.99 Å². The van der Waals surface area contributed by atoms with Crippen molar-refractivity contribution in [2.75, 3.05) is 0 Å². The maximum atomic E-state index is 6.44. The lowest BCUT2D eigenvalue weighted by Gasteiger charge is -2.13. The average Bonchev–Trinajstić information content (AvgIpc) is 2.93. The van der Waals surface area contributed by atoms with E-state index in [0.717, 1.165) is 28.8 Å². The first kappa shape index (κ1) is 15.5. The minimum absolute atomic E-state index is 0.624. The lowest BCUT2D eigenvalue weighted by molar-refractivity contribution is 1.06. The van der Waals surface area contributed by atoms with Gasteiger partial charge in [0.15, 0.2) is 0 Å². The normalized spacial score (nSPS) is 13.0. The van der Waals surface area contributed by atoms with Gasteiger partial charge in [0.1, 0.15) is 0 Å². The van der Waals surface area contributed by atoms with E-state index in [-0.39, 0.29) is 0 Å². The first-order valence-corrected chi connectivity index (χ1v) is 8.73. The Kier molecular flexibility index (Phi) is 3.95. The van der Waals surface area contributed by atoms with Crippen LogP contribution in [0.4, 0.5) is 0 Å². The molecule has 2 aromatic carbocycles. The van der Waals surface area contributed by atoms with Crippen LogP contribution in [0.1, 0.15) is 29.3 Å². The molecular formula is C20H16Cl2N2. The van der Waals surface area contributed by atoms with Gasteiger partial charge in [0, 0.05) is 38.6 Å². The summed E-state index contributed by atoms with van der Waals surface area (Å²) in [5, 5.41) is 1.40. The van der Waals surface area contributed by atoms with E-state index in [2.05, 4.69) is 24.2 Å². The van der Waals surface area contributed by atoms with E-state index in [1.807, 2.05) is 36.4 Å². The Balaban J connectivity index is 2.01. The molecule has 0 spiro atoms. The third-order valence-corrected chi connectivity index (χ3v) is 5.00. The number of H-pyrrole nitrogens is 1. The molecule has 0 radical (unpaired) electrons. The number of aromatic amines is 1. The summed E-state index contributed by atoms with van der Waals surface area (Å²) in [6.45, 7) is 2.78. The van der Waals surface area contributed by atoms with Gasteiger partial charge in [-0.2, -0.15) is 0 Å². The van der Waals surface area contributed by atoms with Crippen LogP contribution in [0.5, 0.6) is 0 Å². The van der Waals surface area contributed by atoms with Gasteiger partial charge in [0.25, 0.3) is 0 Å². The van der Waals surface area contributed by atoms with Crippen molar-refractivity contribution >= 4 is 28.9 Å². The van der Waals surface area contributed by atoms with Crippen LogP contribution in [0, 0.1) is 0 Å². The van der Waals surface area contributed by atoms with Crippen LogP contribution in [0.15, 0.2) is 53.7 Å². The third-order valence-electron chi connectivity index (χ3n) is 4.44. The lowest BCUT2D eigenvalue weighted by Crippen LogP contribution is -2.05. The molecule has 2 heterocycles. The molecular weight excluding hydrogens is 339 g/mol. The Bertz CT molecular complexity index is 954. The summed E-state index contributed by atoms with van der Waals surface area (Å²) in [6, 6.07) is 13.8. The highest BCUT2D eigenvalue weighted by atomic mass is 35.5. The van der Waals surface area contributed by atoms with E-state index in [4.69, 9.17) is 28.2 Å². The molecule has 1 aromatic heterocycles. The Morgan fingerprint density at radius 1 is 1.04 bits per heavy atom. The Labute approximate surface area is 151 Å². The number of aromatic nitrogens is 1. The first-order valence-electron chi connectivity index (χ1n) is 7.97. The maximum Gasteiger partial charge on any atom is 0.0744 e. The molecule has 24 heavy (non-hydrogen) atoms. The third kappa shape index (κ3) is 2.47. The predicted octanol–water partition coefficient (Wildman–Crippen LogP) is 5.90. The monoisotopic (exact) mass is 354 g/mol. The van der Waals surface area contributed by atoms with Crippen molar-refractivity contribution < 1.29 is 0 Å². The molecule has 4 heteroatoms. The van der Waals surface area contributed by atoms with E-state index < -0.39 is 0 Å². The second-order valence-corrected chi connectivity index (χ2v) is 6.70. The molecule has 1 aliphatic rings. The number of halogens is 2. The maximum absolute atomic E-state index is 6.44. The summed E-state index contributed by atoms with van der Waals surface area (Å²) in [5.41, 5.74) is 7.70.